The molecule has 1 aromatic heterocycles. The van der Waals surface area contributed by atoms with Crippen LogP contribution in [-0.4, -0.2) is 16.6 Å². The van der Waals surface area contributed by atoms with Gasteiger partial charge in [0.1, 0.15) is 5.82 Å². The molecular weight excluding hydrogens is 257 g/mol. The zero-order chi connectivity index (χ0) is 12.3. The SMILES string of the molecule is CNCc1nccn1Cc1ccc(Cl)c(Cl)c1. The molecule has 0 saturated carbocycles. The number of nitrogens with zero attached hydrogens (tertiary/aromatic N) is 2. The Balaban J connectivity index is 2.19. The van der Waals surface area contributed by atoms with Crippen LogP contribution in [0.15, 0.2) is 30.6 Å². The highest BCUT2D eigenvalue weighted by Crippen LogP contribution is 2.23. The van der Waals surface area contributed by atoms with Gasteiger partial charge < -0.3 is 9.88 Å². The Hall–Kier alpha value is -1.03. The van der Waals surface area contributed by atoms with Gasteiger partial charge in [0, 0.05) is 18.9 Å². The van der Waals surface area contributed by atoms with E-state index >= 15 is 0 Å². The lowest BCUT2D eigenvalue weighted by atomic mass is 10.2. The summed E-state index contributed by atoms with van der Waals surface area (Å²) in [7, 11) is 1.90. The van der Waals surface area contributed by atoms with Crippen molar-refractivity contribution in [2.75, 3.05) is 7.05 Å². The van der Waals surface area contributed by atoms with Crippen LogP contribution in [0, 0.1) is 0 Å². The van der Waals surface area contributed by atoms with Crippen LogP contribution in [0.5, 0.6) is 0 Å². The van der Waals surface area contributed by atoms with Crippen LogP contribution >= 0.6 is 23.2 Å². The van der Waals surface area contributed by atoms with E-state index in [4.69, 9.17) is 23.2 Å². The molecule has 0 unspecified atom stereocenters. The van der Waals surface area contributed by atoms with Crippen LogP contribution in [0.3, 0.4) is 0 Å². The molecule has 3 nitrogen and oxygen atoms in total. The fourth-order valence-electron chi connectivity index (χ4n) is 1.64. The standard InChI is InChI=1S/C12H13Cl2N3/c1-15-7-12-16-4-5-17(12)8-9-2-3-10(13)11(14)6-9/h2-6,15H,7-8H2,1H3. The number of nitrogens with one attached hydrogen (secondary N) is 1. The maximum atomic E-state index is 5.99. The Labute approximate surface area is 110 Å². The zero-order valence-corrected chi connectivity index (χ0v) is 11.0. The number of imidazole rings is 1. The summed E-state index contributed by atoms with van der Waals surface area (Å²) >= 11 is 11.9. The van der Waals surface area contributed by atoms with Crippen molar-refractivity contribution in [2.45, 2.75) is 13.1 Å². The molecule has 0 atom stereocenters. The summed E-state index contributed by atoms with van der Waals surface area (Å²) in [5.41, 5.74) is 1.11. The molecule has 0 bridgehead atoms. The summed E-state index contributed by atoms with van der Waals surface area (Å²) in [4.78, 5) is 4.28. The van der Waals surface area contributed by atoms with Crippen molar-refractivity contribution < 1.29 is 0 Å². The molecule has 1 N–H and O–H groups in total. The lowest BCUT2D eigenvalue weighted by Gasteiger charge is -2.08. The minimum absolute atomic E-state index is 0.580. The Morgan fingerprint density at radius 1 is 1.29 bits per heavy atom. The van der Waals surface area contributed by atoms with Crippen molar-refractivity contribution in [3.63, 3.8) is 0 Å². The smallest absolute Gasteiger partial charge is 0.122 e. The highest BCUT2D eigenvalue weighted by atomic mass is 35.5. The highest BCUT2D eigenvalue weighted by molar-refractivity contribution is 6.42. The van der Waals surface area contributed by atoms with Crippen LogP contribution in [0.4, 0.5) is 0 Å². The van der Waals surface area contributed by atoms with Gasteiger partial charge in [0.05, 0.1) is 16.6 Å². The van der Waals surface area contributed by atoms with Crippen molar-refractivity contribution in [1.82, 2.24) is 14.9 Å². The van der Waals surface area contributed by atoms with E-state index in [0.29, 0.717) is 10.0 Å². The summed E-state index contributed by atoms with van der Waals surface area (Å²) in [6, 6.07) is 5.66. The average molecular weight is 270 g/mol. The second kappa shape index (κ2) is 5.54. The van der Waals surface area contributed by atoms with Crippen LogP contribution in [0.1, 0.15) is 11.4 Å². The molecular formula is C12H13Cl2N3. The van der Waals surface area contributed by atoms with Gasteiger partial charge >= 0.3 is 0 Å². The van der Waals surface area contributed by atoms with Crippen molar-refractivity contribution in [3.05, 3.63) is 52.0 Å². The van der Waals surface area contributed by atoms with Crippen LogP contribution in [0.25, 0.3) is 0 Å². The van der Waals surface area contributed by atoms with Gasteiger partial charge in [-0.2, -0.15) is 0 Å². The Bertz CT molecular complexity index is 508. The Morgan fingerprint density at radius 3 is 2.82 bits per heavy atom. The maximum absolute atomic E-state index is 5.99. The minimum Gasteiger partial charge on any atom is -0.329 e. The second-order valence-electron chi connectivity index (χ2n) is 3.75. The van der Waals surface area contributed by atoms with Gasteiger partial charge in [-0.05, 0) is 24.7 Å². The molecule has 1 aromatic carbocycles. The molecule has 5 heteroatoms. The average Bonchev–Trinajstić information content (AvgIpc) is 2.72. The summed E-state index contributed by atoms with van der Waals surface area (Å²) < 4.78 is 2.08. The first kappa shape index (κ1) is 12.4. The number of hydrogen-bond acceptors (Lipinski definition) is 2. The third-order valence-corrected chi connectivity index (χ3v) is 3.21. The zero-order valence-electron chi connectivity index (χ0n) is 9.45. The van der Waals surface area contributed by atoms with Crippen molar-refractivity contribution in [1.29, 1.82) is 0 Å². The third kappa shape index (κ3) is 3.00. The molecule has 0 aliphatic carbocycles. The minimum atomic E-state index is 0.580. The number of halogens is 2. The summed E-state index contributed by atoms with van der Waals surface area (Å²) in [6.45, 7) is 1.49. The lowest BCUT2D eigenvalue weighted by molar-refractivity contribution is 0.673. The van der Waals surface area contributed by atoms with Crippen molar-refractivity contribution in [2.24, 2.45) is 0 Å². The summed E-state index contributed by atoms with van der Waals surface area (Å²) in [5, 5.41) is 4.25. The van der Waals surface area contributed by atoms with Crippen LogP contribution in [-0.2, 0) is 13.1 Å². The largest absolute Gasteiger partial charge is 0.329 e. The molecule has 0 fully saturated rings. The van der Waals surface area contributed by atoms with E-state index in [9.17, 15) is 0 Å². The van der Waals surface area contributed by atoms with Gasteiger partial charge in [-0.3, -0.25) is 0 Å². The van der Waals surface area contributed by atoms with E-state index in [-0.39, 0.29) is 0 Å². The topological polar surface area (TPSA) is 29.9 Å². The first-order valence-electron chi connectivity index (χ1n) is 5.29. The normalized spacial score (nSPS) is 10.8. The molecule has 2 rings (SSSR count). The molecule has 0 aliphatic heterocycles. The predicted octanol–water partition coefficient (Wildman–Crippen LogP) is 2.96. The van der Waals surface area contributed by atoms with E-state index in [2.05, 4.69) is 14.9 Å². The van der Waals surface area contributed by atoms with Crippen molar-refractivity contribution >= 4 is 23.2 Å². The molecule has 0 radical (unpaired) electrons. The van der Waals surface area contributed by atoms with Gasteiger partial charge in [0.25, 0.3) is 0 Å². The molecule has 90 valence electrons. The molecule has 1 heterocycles. The molecule has 17 heavy (non-hydrogen) atoms. The van der Waals surface area contributed by atoms with Gasteiger partial charge in [-0.1, -0.05) is 29.3 Å². The van der Waals surface area contributed by atoms with Crippen molar-refractivity contribution in [3.8, 4) is 0 Å². The van der Waals surface area contributed by atoms with Crippen LogP contribution in [0.2, 0.25) is 10.0 Å². The molecule has 0 aliphatic rings. The number of hydrogen-bond donors (Lipinski definition) is 1. The number of aromatic nitrogens is 2. The predicted molar refractivity (Wildman–Crippen MR) is 70.6 cm³/mol. The van der Waals surface area contributed by atoms with E-state index in [0.717, 1.165) is 24.5 Å². The van der Waals surface area contributed by atoms with E-state index < -0.39 is 0 Å². The fraction of sp³-hybridized carbons (Fsp3) is 0.250. The summed E-state index contributed by atoms with van der Waals surface area (Å²) in [5.74, 6) is 0.999. The fourth-order valence-corrected chi connectivity index (χ4v) is 1.96. The number of benzene rings is 1. The van der Waals surface area contributed by atoms with Crippen LogP contribution < -0.4 is 5.32 Å². The van der Waals surface area contributed by atoms with E-state index in [1.165, 1.54) is 0 Å². The van der Waals surface area contributed by atoms with Gasteiger partial charge in [-0.15, -0.1) is 0 Å². The highest BCUT2D eigenvalue weighted by Gasteiger charge is 2.04. The van der Waals surface area contributed by atoms with Gasteiger partial charge in [0.2, 0.25) is 0 Å². The molecule has 0 amide bonds. The maximum Gasteiger partial charge on any atom is 0.122 e. The molecule has 0 saturated heterocycles. The van der Waals surface area contributed by atoms with Gasteiger partial charge in [-0.25, -0.2) is 4.98 Å². The Kier molecular flexibility index (Phi) is 4.05. The second-order valence-corrected chi connectivity index (χ2v) is 4.56. The number of rotatable bonds is 4. The van der Waals surface area contributed by atoms with E-state index in [1.807, 2.05) is 31.4 Å². The van der Waals surface area contributed by atoms with Gasteiger partial charge in [0.15, 0.2) is 0 Å². The first-order chi connectivity index (χ1) is 8.20. The third-order valence-electron chi connectivity index (χ3n) is 2.47. The monoisotopic (exact) mass is 269 g/mol. The first-order valence-corrected chi connectivity index (χ1v) is 6.05. The quantitative estimate of drug-likeness (QED) is 0.925. The molecule has 2 aromatic rings. The molecule has 0 spiro atoms. The van der Waals surface area contributed by atoms with E-state index in [1.54, 1.807) is 6.20 Å². The lowest BCUT2D eigenvalue weighted by Crippen LogP contribution is -2.12. The summed E-state index contributed by atoms with van der Waals surface area (Å²) in [6.07, 6.45) is 3.75. The Morgan fingerprint density at radius 2 is 2.12 bits per heavy atom.